The number of carbonyl (C=O) groups excluding carboxylic acids is 1. The first-order valence-corrected chi connectivity index (χ1v) is 12.1. The van der Waals surface area contributed by atoms with Gasteiger partial charge in [-0.25, -0.2) is 13.1 Å². The number of carbonyl (C=O) groups is 1. The molecule has 0 aliphatic carbocycles. The van der Waals surface area contributed by atoms with E-state index in [0.29, 0.717) is 18.2 Å². The molecule has 0 saturated carbocycles. The van der Waals surface area contributed by atoms with Crippen LogP contribution in [0.15, 0.2) is 47.4 Å². The van der Waals surface area contributed by atoms with Gasteiger partial charge in [-0.05, 0) is 61.6 Å². The summed E-state index contributed by atoms with van der Waals surface area (Å²) in [5.41, 5.74) is 2.22. The number of piperidine rings is 1. The predicted molar refractivity (Wildman–Crippen MR) is 122 cm³/mol. The molecule has 0 radical (unpaired) electrons. The quantitative estimate of drug-likeness (QED) is 0.652. The minimum atomic E-state index is -3.79. The van der Waals surface area contributed by atoms with Crippen LogP contribution in [-0.4, -0.2) is 41.1 Å². The third kappa shape index (κ3) is 5.77. The van der Waals surface area contributed by atoms with Gasteiger partial charge in [0.1, 0.15) is 5.75 Å². The van der Waals surface area contributed by atoms with Gasteiger partial charge in [0.15, 0.2) is 0 Å². The normalized spacial score (nSPS) is 16.7. The largest absolute Gasteiger partial charge is 0.496 e. The second-order valence-electron chi connectivity index (χ2n) is 7.91. The number of nitrogens with one attached hydrogen (secondary N) is 2. The average Bonchev–Trinajstić information content (AvgIpc) is 2.78. The molecule has 1 saturated heterocycles. The van der Waals surface area contributed by atoms with Gasteiger partial charge in [0.25, 0.3) is 5.91 Å². The van der Waals surface area contributed by atoms with Crippen LogP contribution in [0.3, 0.4) is 0 Å². The smallest absolute Gasteiger partial charge is 0.255 e. The monoisotopic (exact) mass is 445 g/mol. The highest BCUT2D eigenvalue weighted by molar-refractivity contribution is 7.89. The minimum Gasteiger partial charge on any atom is -0.496 e. The van der Waals surface area contributed by atoms with E-state index < -0.39 is 10.0 Å². The molecule has 0 aromatic heterocycles. The van der Waals surface area contributed by atoms with Gasteiger partial charge >= 0.3 is 0 Å². The van der Waals surface area contributed by atoms with Gasteiger partial charge in [0.2, 0.25) is 10.0 Å². The van der Waals surface area contributed by atoms with E-state index in [1.165, 1.54) is 43.8 Å². The Labute approximate surface area is 184 Å². The highest BCUT2D eigenvalue weighted by atomic mass is 32.2. The lowest BCUT2D eigenvalue weighted by Crippen LogP contribution is -2.34. The van der Waals surface area contributed by atoms with Crippen molar-refractivity contribution in [2.45, 2.75) is 38.1 Å². The van der Waals surface area contributed by atoms with Crippen molar-refractivity contribution < 1.29 is 17.9 Å². The molecule has 1 heterocycles. The summed E-state index contributed by atoms with van der Waals surface area (Å²) in [6, 6.07) is 12.3. The third-order valence-corrected chi connectivity index (χ3v) is 6.89. The Morgan fingerprint density at radius 1 is 1.19 bits per heavy atom. The molecule has 1 aliphatic rings. The first kappa shape index (κ1) is 23.1. The number of hydrogen-bond donors (Lipinski definition) is 2. The Bertz CT molecular complexity index is 1010. The van der Waals surface area contributed by atoms with Crippen LogP contribution in [0.5, 0.6) is 5.75 Å². The summed E-state index contributed by atoms with van der Waals surface area (Å²) in [5, 5.41) is 2.67. The van der Waals surface area contributed by atoms with E-state index in [1.54, 1.807) is 6.92 Å². The summed E-state index contributed by atoms with van der Waals surface area (Å²) in [6.07, 6.45) is 2.46. The molecule has 1 fully saturated rings. The fraction of sp³-hybridized carbons (Fsp3) is 0.435. The number of rotatable bonds is 8. The van der Waals surface area contributed by atoms with Crippen LogP contribution in [0.1, 0.15) is 42.6 Å². The molecule has 7 nitrogen and oxygen atoms in total. The Balaban J connectivity index is 1.69. The van der Waals surface area contributed by atoms with Crippen molar-refractivity contribution in [1.29, 1.82) is 0 Å². The highest BCUT2D eigenvalue weighted by Gasteiger charge is 2.20. The second kappa shape index (κ2) is 10.2. The predicted octanol–water partition coefficient (Wildman–Crippen LogP) is 3.16. The number of amides is 1. The number of methoxy groups -OCH3 is 1. The van der Waals surface area contributed by atoms with Crippen LogP contribution < -0.4 is 19.7 Å². The third-order valence-electron chi connectivity index (χ3n) is 5.49. The van der Waals surface area contributed by atoms with E-state index in [0.717, 1.165) is 18.7 Å². The molecule has 1 amide bonds. The molecule has 0 spiro atoms. The Hall–Kier alpha value is -2.58. The van der Waals surface area contributed by atoms with Crippen molar-refractivity contribution in [1.82, 2.24) is 10.0 Å². The maximum atomic E-state index is 12.8. The lowest BCUT2D eigenvalue weighted by Gasteiger charge is -2.32. The van der Waals surface area contributed by atoms with E-state index in [-0.39, 0.29) is 22.9 Å². The van der Waals surface area contributed by atoms with Gasteiger partial charge in [0, 0.05) is 31.9 Å². The molecular weight excluding hydrogens is 414 g/mol. The van der Waals surface area contributed by atoms with Gasteiger partial charge in [-0.1, -0.05) is 19.1 Å². The van der Waals surface area contributed by atoms with Crippen molar-refractivity contribution in [3.8, 4) is 5.75 Å². The Kier molecular flexibility index (Phi) is 7.56. The number of anilines is 1. The summed E-state index contributed by atoms with van der Waals surface area (Å²) in [4.78, 5) is 14.7. The molecule has 168 valence electrons. The summed E-state index contributed by atoms with van der Waals surface area (Å²) >= 11 is 0. The fourth-order valence-electron chi connectivity index (χ4n) is 3.80. The zero-order valence-corrected chi connectivity index (χ0v) is 19.2. The fourth-order valence-corrected chi connectivity index (χ4v) is 4.84. The number of sulfonamides is 1. The van der Waals surface area contributed by atoms with Crippen LogP contribution in [0.4, 0.5) is 5.69 Å². The van der Waals surface area contributed by atoms with E-state index in [9.17, 15) is 13.2 Å². The van der Waals surface area contributed by atoms with Crippen LogP contribution in [-0.2, 0) is 16.6 Å². The lowest BCUT2D eigenvalue weighted by atomic mass is 9.99. The van der Waals surface area contributed by atoms with E-state index >= 15 is 0 Å². The highest BCUT2D eigenvalue weighted by Crippen LogP contribution is 2.24. The lowest BCUT2D eigenvalue weighted by molar-refractivity contribution is 0.0952. The van der Waals surface area contributed by atoms with Crippen molar-refractivity contribution in [2.75, 3.05) is 31.6 Å². The minimum absolute atomic E-state index is 0.0217. The van der Waals surface area contributed by atoms with Crippen molar-refractivity contribution in [3.63, 3.8) is 0 Å². The molecule has 31 heavy (non-hydrogen) atoms. The molecule has 2 aromatic carbocycles. The number of ether oxygens (including phenoxy) is 1. The molecule has 2 N–H and O–H groups in total. The zero-order chi connectivity index (χ0) is 22.4. The van der Waals surface area contributed by atoms with Crippen LogP contribution >= 0.6 is 0 Å². The SMILES string of the molecule is CCNC(=O)c1cc(S(=O)(=O)NCc2ccc(N3CCC[C@H](C)C3)cc2)ccc1OC. The first-order chi connectivity index (χ1) is 14.8. The van der Waals surface area contributed by atoms with E-state index in [2.05, 4.69) is 21.9 Å². The molecule has 0 bridgehead atoms. The summed E-state index contributed by atoms with van der Waals surface area (Å²) < 4.78 is 33.4. The molecule has 8 heteroatoms. The van der Waals surface area contributed by atoms with Crippen molar-refractivity contribution >= 4 is 21.6 Å². The molecular formula is C23H31N3O4S. The standard InChI is InChI=1S/C23H31N3O4S/c1-4-24-23(27)21-14-20(11-12-22(21)30-3)31(28,29)25-15-18-7-9-19(10-8-18)26-13-5-6-17(2)16-26/h7-12,14,17,25H,4-6,13,15-16H2,1-3H3,(H,24,27)/t17-/m0/s1. The average molecular weight is 446 g/mol. The Morgan fingerprint density at radius 2 is 1.94 bits per heavy atom. The maximum Gasteiger partial charge on any atom is 0.255 e. The van der Waals surface area contributed by atoms with Crippen LogP contribution in [0.2, 0.25) is 0 Å². The summed E-state index contributed by atoms with van der Waals surface area (Å²) in [5.74, 6) is 0.639. The molecule has 0 unspecified atom stereocenters. The zero-order valence-electron chi connectivity index (χ0n) is 18.3. The molecule has 2 aromatic rings. The van der Waals surface area contributed by atoms with Gasteiger partial charge in [-0.15, -0.1) is 0 Å². The number of hydrogen-bond acceptors (Lipinski definition) is 5. The number of benzene rings is 2. The van der Waals surface area contributed by atoms with E-state index in [1.807, 2.05) is 24.3 Å². The Morgan fingerprint density at radius 3 is 2.58 bits per heavy atom. The summed E-state index contributed by atoms with van der Waals surface area (Å²) in [6.45, 7) is 6.78. The first-order valence-electron chi connectivity index (χ1n) is 10.6. The second-order valence-corrected chi connectivity index (χ2v) is 9.67. The van der Waals surface area contributed by atoms with Gasteiger partial charge < -0.3 is 15.0 Å². The summed E-state index contributed by atoms with van der Waals surface area (Å²) in [7, 11) is -2.35. The van der Waals surface area contributed by atoms with Gasteiger partial charge in [-0.3, -0.25) is 4.79 Å². The van der Waals surface area contributed by atoms with Crippen LogP contribution in [0.25, 0.3) is 0 Å². The molecule has 1 atom stereocenters. The maximum absolute atomic E-state index is 12.8. The van der Waals surface area contributed by atoms with E-state index in [4.69, 9.17) is 4.74 Å². The molecule has 1 aliphatic heterocycles. The van der Waals surface area contributed by atoms with Crippen molar-refractivity contribution in [3.05, 3.63) is 53.6 Å². The van der Waals surface area contributed by atoms with Crippen molar-refractivity contribution in [2.24, 2.45) is 5.92 Å². The van der Waals surface area contributed by atoms with Crippen LogP contribution in [0, 0.1) is 5.92 Å². The van der Waals surface area contributed by atoms with Gasteiger partial charge in [0.05, 0.1) is 17.6 Å². The van der Waals surface area contributed by atoms with Gasteiger partial charge in [-0.2, -0.15) is 0 Å². The molecule has 3 rings (SSSR count). The topological polar surface area (TPSA) is 87.7 Å². The number of nitrogens with zero attached hydrogens (tertiary/aromatic N) is 1.